The summed E-state index contributed by atoms with van der Waals surface area (Å²) in [5.41, 5.74) is 2.65. The van der Waals surface area contributed by atoms with Gasteiger partial charge in [0.1, 0.15) is 0 Å². The molecule has 2 aromatic heterocycles. The van der Waals surface area contributed by atoms with Crippen molar-refractivity contribution in [3.05, 3.63) is 41.6 Å². The van der Waals surface area contributed by atoms with E-state index < -0.39 is 5.25 Å². The van der Waals surface area contributed by atoms with E-state index in [9.17, 15) is 4.79 Å². The van der Waals surface area contributed by atoms with Crippen LogP contribution in [0.4, 0.5) is 5.88 Å². The molecule has 0 aliphatic heterocycles. The molecular weight excluding hydrogens is 328 g/mol. The Hall–Kier alpha value is -2.68. The van der Waals surface area contributed by atoms with Crippen LogP contribution in [0.2, 0.25) is 0 Å². The Morgan fingerprint density at radius 3 is 2.88 bits per heavy atom. The Morgan fingerprint density at radius 1 is 1.33 bits per heavy atom. The third kappa shape index (κ3) is 3.62. The van der Waals surface area contributed by atoms with Crippen LogP contribution in [0.1, 0.15) is 18.2 Å². The van der Waals surface area contributed by atoms with Gasteiger partial charge in [0.25, 0.3) is 0 Å². The van der Waals surface area contributed by atoms with Crippen molar-refractivity contribution >= 4 is 23.6 Å². The highest BCUT2D eigenvalue weighted by atomic mass is 32.2. The van der Waals surface area contributed by atoms with Crippen LogP contribution in [0.25, 0.3) is 5.69 Å². The molecular formula is C15H16N6O2S. The summed E-state index contributed by atoms with van der Waals surface area (Å²) in [6.45, 7) is 5.56. The summed E-state index contributed by atoms with van der Waals surface area (Å²) < 4.78 is 6.60. The average Bonchev–Trinajstić information content (AvgIpc) is 3.16. The molecule has 1 amide bonds. The molecule has 0 aliphatic carbocycles. The number of benzene rings is 1. The Bertz CT molecular complexity index is 859. The fourth-order valence-corrected chi connectivity index (χ4v) is 2.84. The monoisotopic (exact) mass is 344 g/mol. The Kier molecular flexibility index (Phi) is 4.61. The molecule has 0 radical (unpaired) electrons. The highest BCUT2D eigenvalue weighted by Crippen LogP contribution is 2.24. The maximum Gasteiger partial charge on any atom is 0.240 e. The molecule has 124 valence electrons. The fraction of sp³-hybridized carbons (Fsp3) is 0.267. The number of rotatable bonds is 5. The van der Waals surface area contributed by atoms with E-state index in [-0.39, 0.29) is 5.91 Å². The summed E-state index contributed by atoms with van der Waals surface area (Å²) in [6.07, 6.45) is 0. The molecule has 0 bridgehead atoms. The SMILES string of the molecule is Cc1cccc(-n2nnnc2SC(C)C(=O)Nc2cc(C)no2)c1. The third-order valence-electron chi connectivity index (χ3n) is 3.21. The molecule has 0 saturated heterocycles. The molecule has 1 unspecified atom stereocenters. The van der Waals surface area contributed by atoms with Gasteiger partial charge < -0.3 is 4.52 Å². The van der Waals surface area contributed by atoms with Crippen LogP contribution < -0.4 is 5.32 Å². The van der Waals surface area contributed by atoms with E-state index in [1.54, 1.807) is 24.6 Å². The molecule has 1 atom stereocenters. The molecule has 1 aromatic carbocycles. The van der Waals surface area contributed by atoms with Gasteiger partial charge in [-0.15, -0.1) is 5.10 Å². The van der Waals surface area contributed by atoms with E-state index in [0.29, 0.717) is 16.7 Å². The number of nitrogens with one attached hydrogen (secondary N) is 1. The molecule has 8 nitrogen and oxygen atoms in total. The highest BCUT2D eigenvalue weighted by Gasteiger charge is 2.20. The minimum Gasteiger partial charge on any atom is -0.338 e. The minimum atomic E-state index is -0.412. The number of thioether (sulfide) groups is 1. The number of anilines is 1. The molecule has 0 saturated carbocycles. The minimum absolute atomic E-state index is 0.213. The van der Waals surface area contributed by atoms with Crippen molar-refractivity contribution < 1.29 is 9.32 Å². The average molecular weight is 344 g/mol. The van der Waals surface area contributed by atoms with Gasteiger partial charge in [-0.25, -0.2) is 0 Å². The zero-order valence-corrected chi connectivity index (χ0v) is 14.2. The van der Waals surface area contributed by atoms with E-state index in [1.807, 2.05) is 31.2 Å². The summed E-state index contributed by atoms with van der Waals surface area (Å²) >= 11 is 1.26. The van der Waals surface area contributed by atoms with Crippen LogP contribution in [0.3, 0.4) is 0 Å². The van der Waals surface area contributed by atoms with Crippen LogP contribution in [0, 0.1) is 13.8 Å². The second-order valence-electron chi connectivity index (χ2n) is 5.29. The second kappa shape index (κ2) is 6.83. The van der Waals surface area contributed by atoms with Gasteiger partial charge in [0.2, 0.25) is 16.9 Å². The van der Waals surface area contributed by atoms with Crippen LogP contribution >= 0.6 is 11.8 Å². The first-order valence-corrected chi connectivity index (χ1v) is 8.17. The topological polar surface area (TPSA) is 98.7 Å². The lowest BCUT2D eigenvalue weighted by Gasteiger charge is -2.10. The van der Waals surface area contributed by atoms with Crippen molar-refractivity contribution in [2.45, 2.75) is 31.2 Å². The summed E-state index contributed by atoms with van der Waals surface area (Å²) in [5, 5.41) is 18.3. The number of tetrazole rings is 1. The van der Waals surface area contributed by atoms with Crippen molar-refractivity contribution in [1.29, 1.82) is 0 Å². The normalized spacial score (nSPS) is 12.1. The quantitative estimate of drug-likeness (QED) is 0.709. The van der Waals surface area contributed by atoms with E-state index in [2.05, 4.69) is 26.0 Å². The maximum atomic E-state index is 12.3. The zero-order chi connectivity index (χ0) is 17.1. The van der Waals surface area contributed by atoms with Gasteiger partial charge in [-0.2, -0.15) is 4.68 Å². The number of nitrogens with zero attached hydrogens (tertiary/aromatic N) is 5. The molecule has 3 rings (SSSR count). The summed E-state index contributed by atoms with van der Waals surface area (Å²) in [4.78, 5) is 12.3. The van der Waals surface area contributed by atoms with Crippen molar-refractivity contribution in [2.75, 3.05) is 5.32 Å². The van der Waals surface area contributed by atoms with Crippen LogP contribution in [0.5, 0.6) is 0 Å². The predicted molar refractivity (Wildman–Crippen MR) is 89.1 cm³/mol. The number of hydrogen-bond acceptors (Lipinski definition) is 7. The molecule has 2 heterocycles. The van der Waals surface area contributed by atoms with E-state index >= 15 is 0 Å². The van der Waals surface area contributed by atoms with E-state index in [1.165, 1.54) is 11.8 Å². The summed E-state index contributed by atoms with van der Waals surface area (Å²) in [7, 11) is 0. The fourth-order valence-electron chi connectivity index (χ4n) is 2.03. The lowest BCUT2D eigenvalue weighted by atomic mass is 10.2. The number of carbonyl (C=O) groups is 1. The molecule has 0 fully saturated rings. The van der Waals surface area contributed by atoms with Gasteiger partial charge in [0.15, 0.2) is 0 Å². The van der Waals surface area contributed by atoms with Crippen molar-refractivity contribution in [3.63, 3.8) is 0 Å². The molecule has 3 aromatic rings. The van der Waals surface area contributed by atoms with Gasteiger partial charge in [-0.3, -0.25) is 10.1 Å². The largest absolute Gasteiger partial charge is 0.338 e. The van der Waals surface area contributed by atoms with Crippen LogP contribution in [0.15, 0.2) is 40.0 Å². The standard InChI is InChI=1S/C15H16N6O2S/c1-9-5-4-6-12(7-9)21-15(17-19-20-21)24-11(3)14(22)16-13-8-10(2)18-23-13/h4-8,11H,1-3H3,(H,16,22). The number of hydrogen-bond donors (Lipinski definition) is 1. The van der Waals surface area contributed by atoms with Gasteiger partial charge >= 0.3 is 0 Å². The Morgan fingerprint density at radius 2 is 2.17 bits per heavy atom. The van der Waals surface area contributed by atoms with E-state index in [0.717, 1.165) is 11.3 Å². The maximum absolute atomic E-state index is 12.3. The number of aryl methyl sites for hydroxylation is 2. The number of carbonyl (C=O) groups excluding carboxylic acids is 1. The first-order chi connectivity index (χ1) is 11.5. The summed E-state index contributed by atoms with van der Waals surface area (Å²) in [5.74, 6) is 0.109. The zero-order valence-electron chi connectivity index (χ0n) is 13.4. The molecule has 0 aliphatic rings. The molecule has 1 N–H and O–H groups in total. The first kappa shape index (κ1) is 16.2. The van der Waals surface area contributed by atoms with E-state index in [4.69, 9.17) is 4.52 Å². The van der Waals surface area contributed by atoms with Crippen molar-refractivity contribution in [3.8, 4) is 5.69 Å². The molecule has 24 heavy (non-hydrogen) atoms. The number of amides is 1. The molecule has 9 heteroatoms. The predicted octanol–water partition coefficient (Wildman–Crippen LogP) is 2.39. The molecule has 0 spiro atoms. The van der Waals surface area contributed by atoms with Gasteiger partial charge in [-0.1, -0.05) is 29.1 Å². The Labute approximate surface area is 142 Å². The Balaban J connectivity index is 1.72. The van der Waals surface area contributed by atoms with Crippen molar-refractivity contribution in [1.82, 2.24) is 25.4 Å². The van der Waals surface area contributed by atoms with Gasteiger partial charge in [-0.05, 0) is 48.9 Å². The lowest BCUT2D eigenvalue weighted by Crippen LogP contribution is -2.22. The third-order valence-corrected chi connectivity index (χ3v) is 4.25. The second-order valence-corrected chi connectivity index (χ2v) is 6.60. The highest BCUT2D eigenvalue weighted by molar-refractivity contribution is 8.00. The summed E-state index contributed by atoms with van der Waals surface area (Å²) in [6, 6.07) is 9.48. The van der Waals surface area contributed by atoms with Gasteiger partial charge in [0.05, 0.1) is 16.6 Å². The number of aromatic nitrogens is 5. The van der Waals surface area contributed by atoms with Crippen LogP contribution in [-0.2, 0) is 4.79 Å². The smallest absolute Gasteiger partial charge is 0.240 e. The van der Waals surface area contributed by atoms with Crippen LogP contribution in [-0.4, -0.2) is 36.5 Å². The first-order valence-electron chi connectivity index (χ1n) is 7.29. The van der Waals surface area contributed by atoms with Crippen molar-refractivity contribution in [2.24, 2.45) is 0 Å². The van der Waals surface area contributed by atoms with Gasteiger partial charge in [0, 0.05) is 6.07 Å². The lowest BCUT2D eigenvalue weighted by molar-refractivity contribution is -0.115.